The largest absolute Gasteiger partial charge is 0.373 e. The Morgan fingerprint density at radius 2 is 2.05 bits per heavy atom. The van der Waals surface area contributed by atoms with E-state index in [9.17, 15) is 5.26 Å². The molecule has 0 saturated carbocycles. The van der Waals surface area contributed by atoms with Crippen LogP contribution in [0.25, 0.3) is 0 Å². The minimum atomic E-state index is 0.559. The summed E-state index contributed by atoms with van der Waals surface area (Å²) in [6.45, 7) is 3.74. The molecule has 96 valence electrons. The molecule has 19 heavy (non-hydrogen) atoms. The second-order valence-electron chi connectivity index (χ2n) is 4.19. The standard InChI is InChI=1S/C14H15N5/c1-9-6-13(12(7-15)10(2)18-9)19-11-4-5-14(16-3)17-8-11/h4-6,8H,1-3H3,(H,16,17)(H,18,19). The zero-order valence-electron chi connectivity index (χ0n) is 11.2. The molecule has 0 radical (unpaired) electrons. The number of nitrogens with one attached hydrogen (secondary N) is 2. The van der Waals surface area contributed by atoms with Gasteiger partial charge in [-0.3, -0.25) is 4.98 Å². The predicted octanol–water partition coefficient (Wildman–Crippen LogP) is 2.75. The van der Waals surface area contributed by atoms with Gasteiger partial charge in [-0.25, -0.2) is 4.98 Å². The van der Waals surface area contributed by atoms with Gasteiger partial charge >= 0.3 is 0 Å². The Kier molecular flexibility index (Phi) is 3.62. The van der Waals surface area contributed by atoms with Crippen LogP contribution in [0, 0.1) is 25.2 Å². The van der Waals surface area contributed by atoms with E-state index in [4.69, 9.17) is 0 Å². The number of nitrogens with zero attached hydrogens (tertiary/aromatic N) is 3. The maximum Gasteiger partial charge on any atom is 0.125 e. The SMILES string of the molecule is CNc1ccc(Nc2cc(C)nc(C)c2C#N)cn1. The maximum atomic E-state index is 9.19. The molecule has 0 bridgehead atoms. The minimum Gasteiger partial charge on any atom is -0.373 e. The maximum absolute atomic E-state index is 9.19. The number of nitriles is 1. The van der Waals surface area contributed by atoms with Crippen molar-refractivity contribution in [3.63, 3.8) is 0 Å². The lowest BCUT2D eigenvalue weighted by atomic mass is 10.1. The quantitative estimate of drug-likeness (QED) is 0.879. The summed E-state index contributed by atoms with van der Waals surface area (Å²) in [6.07, 6.45) is 1.72. The molecule has 5 heteroatoms. The summed E-state index contributed by atoms with van der Waals surface area (Å²) in [7, 11) is 1.82. The van der Waals surface area contributed by atoms with Gasteiger partial charge in [-0.15, -0.1) is 0 Å². The van der Waals surface area contributed by atoms with Gasteiger partial charge in [0.2, 0.25) is 0 Å². The zero-order valence-corrected chi connectivity index (χ0v) is 11.2. The average molecular weight is 253 g/mol. The van der Waals surface area contributed by atoms with Gasteiger partial charge in [0.05, 0.1) is 28.8 Å². The summed E-state index contributed by atoms with van der Waals surface area (Å²) in [4.78, 5) is 8.51. The lowest BCUT2D eigenvalue weighted by Crippen LogP contribution is -2.00. The summed E-state index contributed by atoms with van der Waals surface area (Å²) in [5.74, 6) is 0.799. The Morgan fingerprint density at radius 3 is 2.63 bits per heavy atom. The predicted molar refractivity (Wildman–Crippen MR) is 75.5 cm³/mol. The van der Waals surface area contributed by atoms with Crippen molar-refractivity contribution < 1.29 is 0 Å². The first-order valence-electron chi connectivity index (χ1n) is 5.93. The lowest BCUT2D eigenvalue weighted by Gasteiger charge is -2.11. The average Bonchev–Trinajstić information content (AvgIpc) is 2.39. The topological polar surface area (TPSA) is 73.6 Å². The lowest BCUT2D eigenvalue weighted by molar-refractivity contribution is 1.11. The molecule has 0 spiro atoms. The fraction of sp³-hybridized carbons (Fsp3) is 0.214. The summed E-state index contributed by atoms with van der Waals surface area (Å²) < 4.78 is 0. The van der Waals surface area contributed by atoms with E-state index in [-0.39, 0.29) is 0 Å². The van der Waals surface area contributed by atoms with Crippen LogP contribution < -0.4 is 10.6 Å². The molecule has 0 unspecified atom stereocenters. The normalized spacial score (nSPS) is 9.79. The molecule has 0 saturated heterocycles. The summed E-state index contributed by atoms with van der Waals surface area (Å²) in [6, 6.07) is 7.81. The van der Waals surface area contributed by atoms with Crippen LogP contribution in [0.4, 0.5) is 17.2 Å². The Bertz CT molecular complexity index is 626. The highest BCUT2D eigenvalue weighted by molar-refractivity contribution is 5.67. The molecule has 0 aromatic carbocycles. The van der Waals surface area contributed by atoms with Crippen molar-refractivity contribution in [3.8, 4) is 6.07 Å². The molecule has 5 nitrogen and oxygen atoms in total. The minimum absolute atomic E-state index is 0.559. The van der Waals surface area contributed by atoms with Crippen molar-refractivity contribution >= 4 is 17.2 Å². The van der Waals surface area contributed by atoms with Crippen molar-refractivity contribution in [2.45, 2.75) is 13.8 Å². The van der Waals surface area contributed by atoms with Crippen LogP contribution in [0.3, 0.4) is 0 Å². The molecule has 2 aromatic rings. The third kappa shape index (κ3) is 2.80. The van der Waals surface area contributed by atoms with Crippen molar-refractivity contribution in [3.05, 3.63) is 41.3 Å². The van der Waals surface area contributed by atoms with Crippen molar-refractivity contribution in [1.29, 1.82) is 5.26 Å². The van der Waals surface area contributed by atoms with Crippen LogP contribution in [0.1, 0.15) is 17.0 Å². The van der Waals surface area contributed by atoms with Crippen LogP contribution in [0.2, 0.25) is 0 Å². The second kappa shape index (κ2) is 5.36. The first kappa shape index (κ1) is 12.8. The van der Waals surface area contributed by atoms with Gasteiger partial charge < -0.3 is 10.6 Å². The van der Waals surface area contributed by atoms with E-state index in [1.165, 1.54) is 0 Å². The smallest absolute Gasteiger partial charge is 0.125 e. The molecule has 0 fully saturated rings. The van der Waals surface area contributed by atoms with Crippen LogP contribution in [-0.2, 0) is 0 Å². The van der Waals surface area contributed by atoms with Gasteiger partial charge in [0.1, 0.15) is 11.9 Å². The van der Waals surface area contributed by atoms with E-state index in [0.717, 1.165) is 28.6 Å². The number of hydrogen-bond donors (Lipinski definition) is 2. The molecular formula is C14H15N5. The molecule has 2 heterocycles. The Hall–Kier alpha value is -2.61. The van der Waals surface area contributed by atoms with E-state index < -0.39 is 0 Å². The van der Waals surface area contributed by atoms with E-state index >= 15 is 0 Å². The van der Waals surface area contributed by atoms with Gasteiger partial charge in [0.25, 0.3) is 0 Å². The molecule has 0 aliphatic carbocycles. The molecular weight excluding hydrogens is 238 g/mol. The van der Waals surface area contributed by atoms with Crippen LogP contribution in [0.15, 0.2) is 24.4 Å². The number of aromatic nitrogens is 2. The highest BCUT2D eigenvalue weighted by atomic mass is 15.0. The molecule has 2 rings (SSSR count). The highest BCUT2D eigenvalue weighted by Crippen LogP contribution is 2.23. The second-order valence-corrected chi connectivity index (χ2v) is 4.19. The van der Waals surface area contributed by atoms with E-state index in [2.05, 4.69) is 26.7 Å². The van der Waals surface area contributed by atoms with Gasteiger partial charge in [-0.2, -0.15) is 5.26 Å². The van der Waals surface area contributed by atoms with Crippen molar-refractivity contribution in [2.75, 3.05) is 17.7 Å². The van der Waals surface area contributed by atoms with E-state index in [1.54, 1.807) is 6.20 Å². The molecule has 0 aliphatic rings. The Labute approximate surface area is 112 Å². The number of pyridine rings is 2. The number of rotatable bonds is 3. The highest BCUT2D eigenvalue weighted by Gasteiger charge is 2.08. The molecule has 2 aromatic heterocycles. The first-order chi connectivity index (χ1) is 9.13. The molecule has 0 amide bonds. The third-order valence-electron chi connectivity index (χ3n) is 2.74. The molecule has 2 N–H and O–H groups in total. The van der Waals surface area contributed by atoms with Crippen LogP contribution >= 0.6 is 0 Å². The fourth-order valence-corrected chi connectivity index (χ4v) is 1.84. The number of hydrogen-bond acceptors (Lipinski definition) is 5. The Balaban J connectivity index is 2.34. The molecule has 0 aliphatic heterocycles. The summed E-state index contributed by atoms with van der Waals surface area (Å²) in [5, 5.41) is 15.4. The van der Waals surface area contributed by atoms with Crippen LogP contribution in [-0.4, -0.2) is 17.0 Å². The van der Waals surface area contributed by atoms with Gasteiger partial charge in [-0.05, 0) is 32.0 Å². The summed E-state index contributed by atoms with van der Waals surface area (Å²) >= 11 is 0. The summed E-state index contributed by atoms with van der Waals surface area (Å²) in [5.41, 5.74) is 3.75. The van der Waals surface area contributed by atoms with Gasteiger partial charge in [0.15, 0.2) is 0 Å². The van der Waals surface area contributed by atoms with Crippen molar-refractivity contribution in [1.82, 2.24) is 9.97 Å². The van der Waals surface area contributed by atoms with Gasteiger partial charge in [0, 0.05) is 12.7 Å². The first-order valence-corrected chi connectivity index (χ1v) is 5.93. The van der Waals surface area contributed by atoms with Crippen molar-refractivity contribution in [2.24, 2.45) is 0 Å². The van der Waals surface area contributed by atoms with Crippen LogP contribution in [0.5, 0.6) is 0 Å². The fourth-order valence-electron chi connectivity index (χ4n) is 1.84. The number of aryl methyl sites for hydroxylation is 2. The third-order valence-corrected chi connectivity index (χ3v) is 2.74. The zero-order chi connectivity index (χ0) is 13.8. The number of anilines is 3. The van der Waals surface area contributed by atoms with Gasteiger partial charge in [-0.1, -0.05) is 0 Å². The molecule has 0 atom stereocenters. The monoisotopic (exact) mass is 253 g/mol. The van der Waals surface area contributed by atoms with E-state index in [0.29, 0.717) is 5.56 Å². The van der Waals surface area contributed by atoms with E-state index in [1.807, 2.05) is 39.1 Å². The Morgan fingerprint density at radius 1 is 1.26 bits per heavy atom.